The fourth-order valence-electron chi connectivity index (χ4n) is 3.29. The van der Waals surface area contributed by atoms with Crippen LogP contribution in [0.5, 0.6) is 11.5 Å². The van der Waals surface area contributed by atoms with Gasteiger partial charge in [-0.15, -0.1) is 11.3 Å². The SMILES string of the molecule is COc1cc(OCc2ccccn2)ccc1/C=C/C(=O)CC(=O)/C=C/c1cc2ccccc2s1. The Morgan fingerprint density at radius 2 is 1.74 bits per heavy atom. The Morgan fingerprint density at radius 1 is 0.941 bits per heavy atom. The smallest absolute Gasteiger partial charge is 0.163 e. The summed E-state index contributed by atoms with van der Waals surface area (Å²) in [4.78, 5) is 29.7. The lowest BCUT2D eigenvalue weighted by Gasteiger charge is -2.09. The summed E-state index contributed by atoms with van der Waals surface area (Å²) < 4.78 is 12.4. The first-order valence-electron chi connectivity index (χ1n) is 10.7. The number of rotatable bonds is 10. The number of methoxy groups -OCH3 is 1. The number of nitrogens with zero attached hydrogens (tertiary/aromatic N) is 1. The monoisotopic (exact) mass is 469 g/mol. The van der Waals surface area contributed by atoms with Crippen molar-refractivity contribution < 1.29 is 19.1 Å². The van der Waals surface area contributed by atoms with Gasteiger partial charge in [0.05, 0.1) is 19.2 Å². The second-order valence-electron chi connectivity index (χ2n) is 7.48. The van der Waals surface area contributed by atoms with E-state index in [9.17, 15) is 9.59 Å². The summed E-state index contributed by atoms with van der Waals surface area (Å²) in [7, 11) is 1.55. The molecule has 0 amide bonds. The van der Waals surface area contributed by atoms with Gasteiger partial charge in [-0.1, -0.05) is 24.3 Å². The van der Waals surface area contributed by atoms with Crippen LogP contribution in [-0.4, -0.2) is 23.7 Å². The quantitative estimate of drug-likeness (QED) is 0.206. The third kappa shape index (κ3) is 6.27. The van der Waals surface area contributed by atoms with Crippen LogP contribution in [-0.2, 0) is 16.2 Å². The lowest BCUT2D eigenvalue weighted by molar-refractivity contribution is -0.121. The van der Waals surface area contributed by atoms with E-state index in [-0.39, 0.29) is 18.0 Å². The molecular formula is C28H23NO4S. The number of benzene rings is 2. The molecule has 0 unspecified atom stereocenters. The maximum atomic E-state index is 12.3. The Hall–Kier alpha value is -4.03. The topological polar surface area (TPSA) is 65.5 Å². The predicted octanol–water partition coefficient (Wildman–Crippen LogP) is 6.14. The minimum absolute atomic E-state index is 0.189. The molecule has 4 aromatic rings. The van der Waals surface area contributed by atoms with Crippen molar-refractivity contribution >= 4 is 45.1 Å². The molecule has 0 saturated heterocycles. The molecule has 2 heterocycles. The van der Waals surface area contributed by atoms with E-state index in [0.717, 1.165) is 20.7 Å². The molecule has 2 aromatic carbocycles. The van der Waals surface area contributed by atoms with Gasteiger partial charge in [-0.05, 0) is 66.1 Å². The molecule has 0 aliphatic carbocycles. The van der Waals surface area contributed by atoms with E-state index in [1.807, 2.05) is 48.5 Å². The molecule has 0 saturated carbocycles. The van der Waals surface area contributed by atoms with Crippen molar-refractivity contribution in [2.75, 3.05) is 7.11 Å². The second kappa shape index (κ2) is 11.2. The standard InChI is InChI=1S/C28H23NO4S/c1-32-27-18-25(33-19-22-7-4-5-15-29-22)13-10-20(27)9-11-23(30)17-24(31)12-14-26-16-21-6-2-3-8-28(21)34-26/h2-16,18H,17,19H2,1H3/b11-9+,14-12+. The van der Waals surface area contributed by atoms with Gasteiger partial charge in [0.15, 0.2) is 11.6 Å². The van der Waals surface area contributed by atoms with Crippen LogP contribution in [0.2, 0.25) is 0 Å². The molecule has 5 nitrogen and oxygen atoms in total. The Labute approximate surface area is 202 Å². The number of pyridine rings is 1. The number of hydrogen-bond donors (Lipinski definition) is 0. The summed E-state index contributed by atoms with van der Waals surface area (Å²) in [6, 6.07) is 21.1. The van der Waals surface area contributed by atoms with Gasteiger partial charge in [-0.3, -0.25) is 14.6 Å². The maximum Gasteiger partial charge on any atom is 0.163 e. The number of aromatic nitrogens is 1. The van der Waals surface area contributed by atoms with Crippen LogP contribution < -0.4 is 9.47 Å². The molecule has 0 atom stereocenters. The van der Waals surface area contributed by atoms with E-state index >= 15 is 0 Å². The van der Waals surface area contributed by atoms with E-state index in [0.29, 0.717) is 23.7 Å². The van der Waals surface area contributed by atoms with Gasteiger partial charge in [-0.2, -0.15) is 0 Å². The van der Waals surface area contributed by atoms with Gasteiger partial charge >= 0.3 is 0 Å². The maximum absolute atomic E-state index is 12.3. The molecule has 4 rings (SSSR count). The van der Waals surface area contributed by atoms with E-state index in [1.165, 1.54) is 12.2 Å². The largest absolute Gasteiger partial charge is 0.496 e. The normalized spacial score (nSPS) is 11.3. The molecule has 0 aliphatic heterocycles. The molecule has 0 spiro atoms. The summed E-state index contributed by atoms with van der Waals surface area (Å²) in [5.41, 5.74) is 1.54. The van der Waals surface area contributed by atoms with Crippen molar-refractivity contribution in [3.8, 4) is 11.5 Å². The second-order valence-corrected chi connectivity index (χ2v) is 8.59. The fraction of sp³-hybridized carbons (Fsp3) is 0.107. The Balaban J connectivity index is 1.33. The van der Waals surface area contributed by atoms with Gasteiger partial charge in [0.2, 0.25) is 0 Å². The Bertz CT molecular complexity index is 1320. The van der Waals surface area contributed by atoms with Crippen LogP contribution in [0, 0.1) is 0 Å². The first-order valence-corrected chi connectivity index (χ1v) is 11.5. The van der Waals surface area contributed by atoms with Crippen molar-refractivity contribution in [2.45, 2.75) is 13.0 Å². The molecule has 170 valence electrons. The molecule has 0 aliphatic rings. The summed E-state index contributed by atoms with van der Waals surface area (Å²) in [5.74, 6) is 0.687. The molecule has 0 bridgehead atoms. The number of ketones is 2. The molecular weight excluding hydrogens is 446 g/mol. The number of carbonyl (C=O) groups excluding carboxylic acids is 2. The van der Waals surface area contributed by atoms with E-state index in [4.69, 9.17) is 9.47 Å². The summed E-state index contributed by atoms with van der Waals surface area (Å²) in [6.45, 7) is 0.342. The van der Waals surface area contributed by atoms with Crippen LogP contribution in [0.3, 0.4) is 0 Å². The number of ether oxygens (including phenoxy) is 2. The van der Waals surface area contributed by atoms with E-state index < -0.39 is 0 Å². The first kappa shape index (κ1) is 23.1. The molecule has 0 N–H and O–H groups in total. The van der Waals surface area contributed by atoms with Crippen molar-refractivity contribution in [2.24, 2.45) is 0 Å². The zero-order chi connectivity index (χ0) is 23.8. The van der Waals surface area contributed by atoms with Crippen molar-refractivity contribution in [3.63, 3.8) is 0 Å². The number of carbonyl (C=O) groups is 2. The number of hydrogen-bond acceptors (Lipinski definition) is 6. The minimum Gasteiger partial charge on any atom is -0.496 e. The number of fused-ring (bicyclic) bond motifs is 1. The minimum atomic E-state index is -0.275. The number of thiophene rings is 1. The number of allylic oxidation sites excluding steroid dienone is 2. The third-order valence-corrected chi connectivity index (χ3v) is 6.07. The van der Waals surface area contributed by atoms with Crippen molar-refractivity contribution in [1.82, 2.24) is 4.98 Å². The molecule has 2 aromatic heterocycles. The van der Waals surface area contributed by atoms with Gasteiger partial charge in [0, 0.05) is 27.4 Å². The summed E-state index contributed by atoms with van der Waals surface area (Å²) >= 11 is 1.61. The first-order chi connectivity index (χ1) is 16.6. The summed E-state index contributed by atoms with van der Waals surface area (Å²) in [5, 5.41) is 1.14. The fourth-order valence-corrected chi connectivity index (χ4v) is 4.26. The zero-order valence-electron chi connectivity index (χ0n) is 18.6. The lowest BCUT2D eigenvalue weighted by Crippen LogP contribution is -2.02. The third-order valence-electron chi connectivity index (χ3n) is 4.99. The van der Waals surface area contributed by atoms with Crippen LogP contribution in [0.1, 0.15) is 22.6 Å². The van der Waals surface area contributed by atoms with E-state index in [1.54, 1.807) is 55.0 Å². The summed E-state index contributed by atoms with van der Waals surface area (Å²) in [6.07, 6.45) is 7.80. The van der Waals surface area contributed by atoms with Crippen LogP contribution in [0.15, 0.2) is 85.1 Å². The average molecular weight is 470 g/mol. The Morgan fingerprint density at radius 3 is 2.50 bits per heavy atom. The van der Waals surface area contributed by atoms with E-state index in [2.05, 4.69) is 4.98 Å². The van der Waals surface area contributed by atoms with Gasteiger partial charge in [0.25, 0.3) is 0 Å². The predicted molar refractivity (Wildman–Crippen MR) is 136 cm³/mol. The lowest BCUT2D eigenvalue weighted by atomic mass is 10.1. The van der Waals surface area contributed by atoms with Crippen LogP contribution in [0.4, 0.5) is 0 Å². The van der Waals surface area contributed by atoms with Crippen molar-refractivity contribution in [1.29, 1.82) is 0 Å². The highest BCUT2D eigenvalue weighted by Gasteiger charge is 2.07. The van der Waals surface area contributed by atoms with Gasteiger partial charge in [-0.25, -0.2) is 0 Å². The van der Waals surface area contributed by atoms with Gasteiger partial charge < -0.3 is 9.47 Å². The van der Waals surface area contributed by atoms with Crippen molar-refractivity contribution in [3.05, 3.63) is 101 Å². The Kier molecular flexibility index (Phi) is 7.63. The zero-order valence-corrected chi connectivity index (χ0v) is 19.5. The highest BCUT2D eigenvalue weighted by molar-refractivity contribution is 7.19. The molecule has 0 fully saturated rings. The highest BCUT2D eigenvalue weighted by Crippen LogP contribution is 2.27. The van der Waals surface area contributed by atoms with Crippen LogP contribution in [0.25, 0.3) is 22.2 Å². The average Bonchev–Trinajstić information content (AvgIpc) is 3.29. The van der Waals surface area contributed by atoms with Gasteiger partial charge in [0.1, 0.15) is 18.1 Å². The van der Waals surface area contributed by atoms with Crippen LogP contribution >= 0.6 is 11.3 Å². The molecule has 0 radical (unpaired) electrons. The highest BCUT2D eigenvalue weighted by atomic mass is 32.1. The molecule has 34 heavy (non-hydrogen) atoms. The molecule has 6 heteroatoms.